The maximum absolute atomic E-state index is 12.7. The highest BCUT2D eigenvalue weighted by Gasteiger charge is 2.10. The normalized spacial score (nSPS) is 10.6. The molecule has 0 spiro atoms. The molecule has 0 aliphatic rings. The number of ketones is 1. The van der Waals surface area contributed by atoms with Crippen molar-refractivity contribution in [1.29, 1.82) is 0 Å². The molecule has 0 heterocycles. The summed E-state index contributed by atoms with van der Waals surface area (Å²) in [6.45, 7) is 3.30. The van der Waals surface area contributed by atoms with E-state index >= 15 is 0 Å². The predicted molar refractivity (Wildman–Crippen MR) is 113 cm³/mol. The molecule has 140 valence electrons. The van der Waals surface area contributed by atoms with Gasteiger partial charge in [0.1, 0.15) is 0 Å². The molecule has 2 aromatic rings. The number of rotatable bonds is 10. The predicted octanol–water partition coefficient (Wildman–Crippen LogP) is 5.39. The highest BCUT2D eigenvalue weighted by Crippen LogP contribution is 2.19. The average molecular weight is 353 g/mol. The molecule has 0 bridgehead atoms. The van der Waals surface area contributed by atoms with E-state index < -0.39 is 0 Å². The Morgan fingerprint density at radius 1 is 0.731 bits per heavy atom. The first-order valence-corrected chi connectivity index (χ1v) is 9.66. The van der Waals surface area contributed by atoms with Crippen LogP contribution < -0.4 is 9.80 Å². The zero-order valence-electron chi connectivity index (χ0n) is 16.7. The van der Waals surface area contributed by atoms with Crippen LogP contribution in [0.3, 0.4) is 0 Å². The Morgan fingerprint density at radius 2 is 1.23 bits per heavy atom. The number of anilines is 2. The van der Waals surface area contributed by atoms with Gasteiger partial charge in [-0.25, -0.2) is 0 Å². The van der Waals surface area contributed by atoms with E-state index in [2.05, 4.69) is 18.9 Å². The first-order valence-electron chi connectivity index (χ1n) is 9.66. The van der Waals surface area contributed by atoms with E-state index in [0.29, 0.717) is 0 Å². The average Bonchev–Trinajstić information content (AvgIpc) is 2.67. The molecule has 0 saturated heterocycles. The maximum Gasteiger partial charge on any atom is 0.193 e. The Hall–Kier alpha value is -2.29. The van der Waals surface area contributed by atoms with Crippen LogP contribution in [0.4, 0.5) is 11.4 Å². The van der Waals surface area contributed by atoms with Crippen LogP contribution in [-0.4, -0.2) is 33.5 Å². The molecule has 0 aliphatic carbocycles. The summed E-state index contributed by atoms with van der Waals surface area (Å²) in [5.41, 5.74) is 3.73. The van der Waals surface area contributed by atoms with Crippen molar-refractivity contribution in [2.45, 2.75) is 39.0 Å². The number of hydrogen-bond acceptors (Lipinski definition) is 3. The van der Waals surface area contributed by atoms with Crippen molar-refractivity contribution >= 4 is 17.2 Å². The van der Waals surface area contributed by atoms with Crippen LogP contribution in [0.2, 0.25) is 0 Å². The molecule has 2 rings (SSSR count). The Kier molecular flexibility index (Phi) is 7.71. The fraction of sp³-hybridized carbons (Fsp3) is 0.435. The van der Waals surface area contributed by atoms with E-state index in [1.807, 2.05) is 67.5 Å². The van der Waals surface area contributed by atoms with Gasteiger partial charge in [-0.1, -0.05) is 32.6 Å². The minimum atomic E-state index is 0.0732. The van der Waals surface area contributed by atoms with E-state index in [-0.39, 0.29) is 5.78 Å². The number of hydrogen-bond donors (Lipinski definition) is 0. The minimum absolute atomic E-state index is 0.0732. The summed E-state index contributed by atoms with van der Waals surface area (Å²) in [5.74, 6) is 0.0732. The SMILES string of the molecule is CCCCCCCN(C)c1ccc(C(=O)c2ccc(N(C)C)cc2)cc1. The molecule has 3 heteroatoms. The molecule has 0 aliphatic heterocycles. The van der Waals surface area contributed by atoms with Crippen molar-refractivity contribution in [2.24, 2.45) is 0 Å². The molecule has 0 N–H and O–H groups in total. The molecule has 0 fully saturated rings. The quantitative estimate of drug-likeness (QED) is 0.423. The molecular formula is C23H32N2O. The Labute approximate surface area is 158 Å². The number of benzene rings is 2. The van der Waals surface area contributed by atoms with Crippen LogP contribution >= 0.6 is 0 Å². The van der Waals surface area contributed by atoms with Gasteiger partial charge in [0.15, 0.2) is 5.78 Å². The Morgan fingerprint density at radius 3 is 1.73 bits per heavy atom. The summed E-state index contributed by atoms with van der Waals surface area (Å²) in [5, 5.41) is 0. The third-order valence-electron chi connectivity index (χ3n) is 4.81. The first-order chi connectivity index (χ1) is 12.5. The van der Waals surface area contributed by atoms with Crippen LogP contribution in [-0.2, 0) is 0 Å². The number of nitrogens with zero attached hydrogens (tertiary/aromatic N) is 2. The van der Waals surface area contributed by atoms with Gasteiger partial charge in [0.05, 0.1) is 0 Å². The molecule has 0 aromatic heterocycles. The van der Waals surface area contributed by atoms with Crippen molar-refractivity contribution in [3.05, 3.63) is 59.7 Å². The summed E-state index contributed by atoms with van der Waals surface area (Å²) in [4.78, 5) is 17.0. The van der Waals surface area contributed by atoms with Crippen LogP contribution in [0.15, 0.2) is 48.5 Å². The van der Waals surface area contributed by atoms with E-state index in [1.165, 1.54) is 37.8 Å². The monoisotopic (exact) mass is 352 g/mol. The first kappa shape index (κ1) is 20.0. The summed E-state index contributed by atoms with van der Waals surface area (Å²) in [6.07, 6.45) is 6.44. The van der Waals surface area contributed by atoms with Gasteiger partial charge in [-0.15, -0.1) is 0 Å². The molecule has 26 heavy (non-hydrogen) atoms. The number of unbranched alkanes of at least 4 members (excludes halogenated alkanes) is 4. The van der Waals surface area contributed by atoms with E-state index in [1.54, 1.807) is 0 Å². The molecule has 3 nitrogen and oxygen atoms in total. The lowest BCUT2D eigenvalue weighted by Gasteiger charge is -2.19. The molecular weight excluding hydrogens is 320 g/mol. The highest BCUT2D eigenvalue weighted by molar-refractivity contribution is 6.09. The largest absolute Gasteiger partial charge is 0.378 e. The summed E-state index contributed by atoms with van der Waals surface area (Å²) >= 11 is 0. The minimum Gasteiger partial charge on any atom is -0.378 e. The van der Waals surface area contributed by atoms with Gasteiger partial charge in [0, 0.05) is 50.2 Å². The second kappa shape index (κ2) is 10.0. The zero-order chi connectivity index (χ0) is 18.9. The van der Waals surface area contributed by atoms with Gasteiger partial charge in [0.25, 0.3) is 0 Å². The van der Waals surface area contributed by atoms with Crippen molar-refractivity contribution in [2.75, 3.05) is 37.5 Å². The van der Waals surface area contributed by atoms with Crippen LogP contribution in [0, 0.1) is 0 Å². The Bertz CT molecular complexity index is 674. The van der Waals surface area contributed by atoms with Gasteiger partial charge in [-0.05, 0) is 55.0 Å². The zero-order valence-corrected chi connectivity index (χ0v) is 16.7. The van der Waals surface area contributed by atoms with E-state index in [0.717, 1.165) is 23.4 Å². The second-order valence-corrected chi connectivity index (χ2v) is 7.15. The molecule has 0 amide bonds. The lowest BCUT2D eigenvalue weighted by molar-refractivity contribution is 0.103. The molecule has 0 radical (unpaired) electrons. The van der Waals surface area contributed by atoms with Gasteiger partial charge in [-0.3, -0.25) is 4.79 Å². The van der Waals surface area contributed by atoms with Crippen LogP contribution in [0.25, 0.3) is 0 Å². The molecule has 2 aromatic carbocycles. The number of carbonyl (C=O) groups excluding carboxylic acids is 1. The fourth-order valence-electron chi connectivity index (χ4n) is 3.03. The van der Waals surface area contributed by atoms with Gasteiger partial charge >= 0.3 is 0 Å². The van der Waals surface area contributed by atoms with Gasteiger partial charge in [-0.2, -0.15) is 0 Å². The summed E-state index contributed by atoms with van der Waals surface area (Å²) in [6, 6.07) is 15.7. The number of carbonyl (C=O) groups is 1. The standard InChI is InChI=1S/C23H32N2O/c1-5-6-7-8-9-18-25(4)22-16-12-20(13-17-22)23(26)19-10-14-21(15-11-19)24(2)3/h10-17H,5-9,18H2,1-4H3. The third-order valence-corrected chi connectivity index (χ3v) is 4.81. The van der Waals surface area contributed by atoms with Crippen LogP contribution in [0.1, 0.15) is 54.9 Å². The van der Waals surface area contributed by atoms with Crippen LogP contribution in [0.5, 0.6) is 0 Å². The maximum atomic E-state index is 12.7. The highest BCUT2D eigenvalue weighted by atomic mass is 16.1. The van der Waals surface area contributed by atoms with Crippen molar-refractivity contribution < 1.29 is 4.79 Å². The Balaban J connectivity index is 1.94. The van der Waals surface area contributed by atoms with Gasteiger partial charge in [0.2, 0.25) is 0 Å². The lowest BCUT2D eigenvalue weighted by Crippen LogP contribution is -2.18. The summed E-state index contributed by atoms with van der Waals surface area (Å²) < 4.78 is 0. The van der Waals surface area contributed by atoms with Crippen molar-refractivity contribution in [1.82, 2.24) is 0 Å². The molecule has 0 unspecified atom stereocenters. The lowest BCUT2D eigenvalue weighted by atomic mass is 10.0. The topological polar surface area (TPSA) is 23.6 Å². The van der Waals surface area contributed by atoms with E-state index in [9.17, 15) is 4.79 Å². The smallest absolute Gasteiger partial charge is 0.193 e. The molecule has 0 atom stereocenters. The van der Waals surface area contributed by atoms with E-state index in [4.69, 9.17) is 0 Å². The van der Waals surface area contributed by atoms with Gasteiger partial charge < -0.3 is 9.80 Å². The third kappa shape index (κ3) is 5.62. The van der Waals surface area contributed by atoms with Crippen molar-refractivity contribution in [3.63, 3.8) is 0 Å². The summed E-state index contributed by atoms with van der Waals surface area (Å²) in [7, 11) is 6.11. The molecule has 0 saturated carbocycles. The second-order valence-electron chi connectivity index (χ2n) is 7.15. The van der Waals surface area contributed by atoms with Crippen molar-refractivity contribution in [3.8, 4) is 0 Å². The fourth-order valence-corrected chi connectivity index (χ4v) is 3.03.